The van der Waals surface area contributed by atoms with E-state index in [1.807, 2.05) is 21.0 Å². The fraction of sp³-hybridized carbons (Fsp3) is 0.273. The molecule has 1 aliphatic rings. The monoisotopic (exact) mass is 383 g/mol. The number of carbonyl (C=O) groups is 2. The van der Waals surface area contributed by atoms with Crippen LogP contribution in [0, 0.1) is 12.7 Å². The van der Waals surface area contributed by atoms with Crippen LogP contribution < -0.4 is 4.90 Å². The van der Waals surface area contributed by atoms with Gasteiger partial charge in [0, 0.05) is 11.1 Å². The number of hydrogen-bond acceptors (Lipinski definition) is 3. The van der Waals surface area contributed by atoms with Crippen molar-refractivity contribution in [3.8, 4) is 0 Å². The number of Topliss-reactive ketones (excluding diaryl/α,β-unsaturated/α-hetero) is 1. The number of aliphatic hydroxyl groups excluding tert-OH is 1. The summed E-state index contributed by atoms with van der Waals surface area (Å²) < 4.78 is 14.6. The molecule has 0 bridgehead atoms. The first-order chi connectivity index (χ1) is 13.3. The lowest BCUT2D eigenvalue weighted by atomic mass is 9.94. The number of quaternary nitrogens is 1. The molecule has 2 aromatic carbocycles. The van der Waals surface area contributed by atoms with Crippen LogP contribution in [0.1, 0.15) is 22.7 Å². The van der Waals surface area contributed by atoms with Crippen molar-refractivity contribution in [1.82, 2.24) is 4.90 Å². The maximum absolute atomic E-state index is 14.6. The molecule has 0 spiro atoms. The second-order valence-electron chi connectivity index (χ2n) is 7.34. The van der Waals surface area contributed by atoms with Gasteiger partial charge in [0.2, 0.25) is 0 Å². The topological polar surface area (TPSA) is 62.0 Å². The third-order valence-electron chi connectivity index (χ3n) is 4.92. The third-order valence-corrected chi connectivity index (χ3v) is 4.92. The number of nitrogens with zero attached hydrogens (tertiary/aromatic N) is 1. The summed E-state index contributed by atoms with van der Waals surface area (Å²) in [5.41, 5.74) is 1.54. The number of rotatable bonds is 5. The summed E-state index contributed by atoms with van der Waals surface area (Å²) in [7, 11) is 3.86. The zero-order valence-corrected chi connectivity index (χ0v) is 16.2. The van der Waals surface area contributed by atoms with Crippen molar-refractivity contribution in [2.45, 2.75) is 13.0 Å². The summed E-state index contributed by atoms with van der Waals surface area (Å²) in [5, 5.41) is 10.9. The quantitative estimate of drug-likeness (QED) is 0.469. The normalized spacial score (nSPS) is 18.9. The van der Waals surface area contributed by atoms with E-state index in [1.165, 1.54) is 11.0 Å². The lowest BCUT2D eigenvalue weighted by Gasteiger charge is -2.25. The Labute approximate surface area is 163 Å². The lowest BCUT2D eigenvalue weighted by molar-refractivity contribution is -0.857. The number of carbonyl (C=O) groups excluding carboxylic acids is 2. The van der Waals surface area contributed by atoms with Gasteiger partial charge in [-0.05, 0) is 13.0 Å². The molecule has 0 unspecified atom stereocenters. The minimum Gasteiger partial charge on any atom is -0.507 e. The predicted octanol–water partition coefficient (Wildman–Crippen LogP) is 1.70. The number of amides is 1. The summed E-state index contributed by atoms with van der Waals surface area (Å²) in [6, 6.07) is 12.1. The van der Waals surface area contributed by atoms with Crippen LogP contribution in [0.5, 0.6) is 0 Å². The summed E-state index contributed by atoms with van der Waals surface area (Å²) in [6.45, 7) is 2.77. The Balaban J connectivity index is 2.16. The Morgan fingerprint density at radius 1 is 1.11 bits per heavy atom. The molecule has 0 radical (unpaired) electrons. The maximum atomic E-state index is 14.6. The summed E-state index contributed by atoms with van der Waals surface area (Å²) in [5.74, 6) is -2.32. The van der Waals surface area contributed by atoms with E-state index < -0.39 is 23.5 Å². The molecule has 1 heterocycles. The van der Waals surface area contributed by atoms with E-state index in [1.54, 1.807) is 42.5 Å². The first-order valence-electron chi connectivity index (χ1n) is 9.20. The van der Waals surface area contributed by atoms with Gasteiger partial charge in [-0.3, -0.25) is 9.59 Å². The van der Waals surface area contributed by atoms with Crippen LogP contribution in [-0.2, 0) is 9.59 Å². The van der Waals surface area contributed by atoms with Gasteiger partial charge >= 0.3 is 0 Å². The molecule has 28 heavy (non-hydrogen) atoms. The SMILES string of the molecule is Cc1ccc(C(O)=C2C(=O)C(=O)N(CC[NH+](C)C)[C@@H]2c2ccccc2F)cc1. The van der Waals surface area contributed by atoms with Crippen molar-refractivity contribution < 1.29 is 24.0 Å². The molecule has 1 saturated heterocycles. The van der Waals surface area contributed by atoms with Crippen molar-refractivity contribution in [3.63, 3.8) is 0 Å². The number of likely N-dealkylation sites (tertiary alicyclic amines) is 1. The number of ketones is 1. The Morgan fingerprint density at radius 2 is 1.75 bits per heavy atom. The molecule has 0 saturated carbocycles. The second kappa shape index (κ2) is 7.94. The molecule has 0 aromatic heterocycles. The van der Waals surface area contributed by atoms with Gasteiger partial charge < -0.3 is 14.9 Å². The molecule has 1 amide bonds. The van der Waals surface area contributed by atoms with E-state index in [0.717, 1.165) is 10.5 Å². The molecule has 1 aliphatic heterocycles. The van der Waals surface area contributed by atoms with E-state index in [9.17, 15) is 19.1 Å². The highest BCUT2D eigenvalue weighted by Gasteiger charge is 2.47. The first-order valence-corrected chi connectivity index (χ1v) is 9.20. The van der Waals surface area contributed by atoms with E-state index in [4.69, 9.17) is 0 Å². The summed E-state index contributed by atoms with van der Waals surface area (Å²) >= 11 is 0. The average Bonchev–Trinajstić information content (AvgIpc) is 2.91. The fourth-order valence-corrected chi connectivity index (χ4v) is 3.34. The number of nitrogens with one attached hydrogen (secondary N) is 1. The fourth-order valence-electron chi connectivity index (χ4n) is 3.34. The zero-order valence-electron chi connectivity index (χ0n) is 16.2. The van der Waals surface area contributed by atoms with Gasteiger partial charge in [-0.15, -0.1) is 0 Å². The van der Waals surface area contributed by atoms with E-state index in [-0.39, 0.29) is 23.4 Å². The van der Waals surface area contributed by atoms with Gasteiger partial charge in [0.05, 0.1) is 38.8 Å². The molecule has 3 rings (SSSR count). The highest BCUT2D eigenvalue weighted by Crippen LogP contribution is 2.39. The smallest absolute Gasteiger partial charge is 0.295 e. The van der Waals surface area contributed by atoms with Gasteiger partial charge in [-0.1, -0.05) is 48.0 Å². The van der Waals surface area contributed by atoms with E-state index >= 15 is 0 Å². The Morgan fingerprint density at radius 3 is 2.36 bits per heavy atom. The van der Waals surface area contributed by atoms with Crippen molar-refractivity contribution in [2.24, 2.45) is 0 Å². The van der Waals surface area contributed by atoms with Crippen LogP contribution >= 0.6 is 0 Å². The number of aryl methyl sites for hydroxylation is 1. The van der Waals surface area contributed by atoms with Crippen LogP contribution in [0.4, 0.5) is 4.39 Å². The van der Waals surface area contributed by atoms with Gasteiger partial charge in [0.15, 0.2) is 0 Å². The minimum atomic E-state index is -0.957. The molecular weight excluding hydrogens is 359 g/mol. The Bertz CT molecular complexity index is 935. The number of aliphatic hydroxyl groups is 1. The molecule has 5 nitrogen and oxygen atoms in total. The van der Waals surface area contributed by atoms with Crippen molar-refractivity contribution in [3.05, 3.63) is 76.6 Å². The van der Waals surface area contributed by atoms with Gasteiger partial charge in [0.25, 0.3) is 11.7 Å². The van der Waals surface area contributed by atoms with Crippen LogP contribution in [0.25, 0.3) is 5.76 Å². The van der Waals surface area contributed by atoms with Crippen LogP contribution in [0.3, 0.4) is 0 Å². The van der Waals surface area contributed by atoms with Crippen molar-refractivity contribution in [1.29, 1.82) is 0 Å². The summed E-state index contributed by atoms with van der Waals surface area (Å²) in [4.78, 5) is 28.0. The lowest BCUT2D eigenvalue weighted by Crippen LogP contribution is -3.06. The Kier molecular flexibility index (Phi) is 5.61. The molecule has 6 heteroatoms. The molecule has 0 aliphatic carbocycles. The van der Waals surface area contributed by atoms with Crippen molar-refractivity contribution >= 4 is 17.4 Å². The predicted molar refractivity (Wildman–Crippen MR) is 104 cm³/mol. The maximum Gasteiger partial charge on any atom is 0.295 e. The molecule has 1 fully saturated rings. The van der Waals surface area contributed by atoms with Gasteiger partial charge in [-0.2, -0.15) is 0 Å². The number of halogens is 1. The number of likely N-dealkylation sites (N-methyl/N-ethyl adjacent to an activating group) is 1. The Hall–Kier alpha value is -2.99. The molecule has 2 N–H and O–H groups in total. The van der Waals surface area contributed by atoms with E-state index in [0.29, 0.717) is 12.1 Å². The van der Waals surface area contributed by atoms with Gasteiger partial charge in [-0.25, -0.2) is 4.39 Å². The summed E-state index contributed by atoms with van der Waals surface area (Å²) in [6.07, 6.45) is 0. The number of benzene rings is 2. The number of hydrogen-bond donors (Lipinski definition) is 2. The zero-order chi connectivity index (χ0) is 20.4. The highest BCUT2D eigenvalue weighted by atomic mass is 19.1. The average molecular weight is 383 g/mol. The molecule has 2 aromatic rings. The van der Waals surface area contributed by atoms with E-state index in [2.05, 4.69) is 0 Å². The van der Waals surface area contributed by atoms with Crippen LogP contribution in [0.2, 0.25) is 0 Å². The van der Waals surface area contributed by atoms with Gasteiger partial charge in [0.1, 0.15) is 11.6 Å². The standard InChI is InChI=1S/C22H23FN2O3/c1-14-8-10-15(11-9-14)20(26)18-19(16-6-4-5-7-17(16)23)25(13-12-24(2)3)22(28)21(18)27/h4-11,19,26H,12-13H2,1-3H3/p+1/t19-/m1/s1. The first kappa shape index (κ1) is 19.8. The third kappa shape index (κ3) is 3.68. The molecule has 146 valence electrons. The van der Waals surface area contributed by atoms with Crippen LogP contribution in [-0.4, -0.2) is 48.9 Å². The molecule has 1 atom stereocenters. The van der Waals surface area contributed by atoms with Crippen LogP contribution in [0.15, 0.2) is 54.1 Å². The largest absolute Gasteiger partial charge is 0.507 e. The minimum absolute atomic E-state index is 0.0762. The second-order valence-corrected chi connectivity index (χ2v) is 7.34. The van der Waals surface area contributed by atoms with Crippen molar-refractivity contribution in [2.75, 3.05) is 27.2 Å². The highest BCUT2D eigenvalue weighted by molar-refractivity contribution is 6.46. The molecular formula is C22H24FN2O3+.